The lowest BCUT2D eigenvalue weighted by Crippen LogP contribution is -2.52. The van der Waals surface area contributed by atoms with E-state index < -0.39 is 0 Å². The van der Waals surface area contributed by atoms with Crippen molar-refractivity contribution in [2.24, 2.45) is 5.92 Å². The van der Waals surface area contributed by atoms with Crippen molar-refractivity contribution in [3.63, 3.8) is 0 Å². The van der Waals surface area contributed by atoms with E-state index in [4.69, 9.17) is 47.4 Å². The first-order valence-electron chi connectivity index (χ1n) is 12.5. The van der Waals surface area contributed by atoms with Gasteiger partial charge in [-0.05, 0) is 43.7 Å². The van der Waals surface area contributed by atoms with Gasteiger partial charge in [-0.25, -0.2) is 9.97 Å². The van der Waals surface area contributed by atoms with Crippen LogP contribution in [0.25, 0.3) is 22.2 Å². The number of rotatable bonds is 9. The van der Waals surface area contributed by atoms with Crippen molar-refractivity contribution in [1.29, 1.82) is 0 Å². The van der Waals surface area contributed by atoms with Gasteiger partial charge in [0.15, 0.2) is 0 Å². The van der Waals surface area contributed by atoms with Gasteiger partial charge in [0.2, 0.25) is 11.9 Å². The summed E-state index contributed by atoms with van der Waals surface area (Å²) in [7, 11) is 3.08. The summed E-state index contributed by atoms with van der Waals surface area (Å²) in [6.45, 7) is 4.53. The Morgan fingerprint density at radius 2 is 1.87 bits per heavy atom. The van der Waals surface area contributed by atoms with Gasteiger partial charge in [0.1, 0.15) is 11.5 Å². The highest BCUT2D eigenvalue weighted by atomic mass is 35.5. The molecule has 0 spiro atoms. The molecule has 1 aromatic carbocycles. The lowest BCUT2D eigenvalue weighted by atomic mass is 10.0. The maximum Gasteiger partial charge on any atom is 0.243 e. The van der Waals surface area contributed by atoms with Crippen LogP contribution in [0, 0.1) is 5.92 Å². The number of methoxy groups -OCH3 is 2. The summed E-state index contributed by atoms with van der Waals surface area (Å²) in [6, 6.07) is 3.21. The Morgan fingerprint density at radius 1 is 1.13 bits per heavy atom. The van der Waals surface area contributed by atoms with Gasteiger partial charge in [0.25, 0.3) is 0 Å². The minimum atomic E-state index is -0.224. The fraction of sp³-hybridized carbons (Fsp3) is 0.407. The number of carbonyl (C=O) groups is 1. The number of amides is 1. The average Bonchev–Trinajstić information content (AvgIpc) is 3.74. The van der Waals surface area contributed by atoms with Crippen LogP contribution in [0.15, 0.2) is 31.0 Å². The summed E-state index contributed by atoms with van der Waals surface area (Å²) in [5, 5.41) is 7.82. The van der Waals surface area contributed by atoms with Gasteiger partial charge < -0.3 is 24.8 Å². The van der Waals surface area contributed by atoms with Crippen molar-refractivity contribution >= 4 is 46.0 Å². The molecule has 0 unspecified atom stereocenters. The molecule has 1 aliphatic heterocycles. The van der Waals surface area contributed by atoms with E-state index in [1.807, 2.05) is 6.07 Å². The van der Waals surface area contributed by atoms with Gasteiger partial charge in [0.05, 0.1) is 59.9 Å². The van der Waals surface area contributed by atoms with Crippen molar-refractivity contribution in [3.05, 3.63) is 46.7 Å². The number of nitrogens with zero attached hydrogens (tertiary/aromatic N) is 3. The number of halogens is 2. The van der Waals surface area contributed by atoms with E-state index in [1.54, 1.807) is 12.3 Å². The van der Waals surface area contributed by atoms with Crippen LogP contribution < -0.4 is 20.1 Å². The number of nitrogens with one attached hydrogen (secondary N) is 2. The molecule has 2 atom stereocenters. The van der Waals surface area contributed by atoms with E-state index in [-0.39, 0.29) is 18.0 Å². The number of hydrogen-bond donors (Lipinski definition) is 2. The number of ether oxygens (including phenoxy) is 3. The van der Waals surface area contributed by atoms with Crippen molar-refractivity contribution in [2.75, 3.05) is 32.8 Å². The second kappa shape index (κ2) is 11.3. The van der Waals surface area contributed by atoms with Gasteiger partial charge in [0, 0.05) is 29.8 Å². The van der Waals surface area contributed by atoms with Crippen LogP contribution >= 0.6 is 23.2 Å². The summed E-state index contributed by atoms with van der Waals surface area (Å²) < 4.78 is 16.5. The Bertz CT molecular complexity index is 1350. The topological polar surface area (TPSA) is 107 Å². The normalized spacial score (nSPS) is 19.2. The Hall–Kier alpha value is -3.14. The molecule has 1 amide bonds. The van der Waals surface area contributed by atoms with E-state index in [2.05, 4.69) is 22.2 Å². The maximum absolute atomic E-state index is 11.9. The maximum atomic E-state index is 11.9. The molecule has 2 N–H and O–H groups in total. The zero-order chi connectivity index (χ0) is 26.8. The molecule has 9 nitrogen and oxygen atoms in total. The zero-order valence-corrected chi connectivity index (χ0v) is 22.7. The van der Waals surface area contributed by atoms with Crippen LogP contribution in [-0.2, 0) is 16.0 Å². The molecule has 11 heteroatoms. The molecule has 38 heavy (non-hydrogen) atoms. The van der Waals surface area contributed by atoms with Crippen molar-refractivity contribution < 1.29 is 19.0 Å². The Balaban J connectivity index is 1.54. The quantitative estimate of drug-likeness (QED) is 0.360. The highest BCUT2D eigenvalue weighted by Gasteiger charge is 2.29. The number of pyridine rings is 1. The summed E-state index contributed by atoms with van der Waals surface area (Å²) in [5.74, 6) is 1.66. The van der Waals surface area contributed by atoms with E-state index >= 15 is 0 Å². The second-order valence-corrected chi connectivity index (χ2v) is 10.2. The van der Waals surface area contributed by atoms with Crippen LogP contribution in [0.5, 0.6) is 11.5 Å². The predicted molar refractivity (Wildman–Crippen MR) is 147 cm³/mol. The third-order valence-electron chi connectivity index (χ3n) is 6.83. The molecule has 1 saturated carbocycles. The first-order chi connectivity index (χ1) is 18.4. The molecule has 3 aromatic rings. The Morgan fingerprint density at radius 3 is 2.53 bits per heavy atom. The smallest absolute Gasteiger partial charge is 0.243 e. The second-order valence-electron chi connectivity index (χ2n) is 9.45. The van der Waals surface area contributed by atoms with Crippen LogP contribution in [0.2, 0.25) is 10.0 Å². The fourth-order valence-electron chi connectivity index (χ4n) is 4.61. The minimum Gasteiger partial charge on any atom is -0.495 e. The first-order valence-corrected chi connectivity index (χ1v) is 13.2. The number of fused-ring (bicyclic) bond motifs is 1. The first kappa shape index (κ1) is 26.5. The molecule has 2 aliphatic rings. The van der Waals surface area contributed by atoms with Crippen LogP contribution in [0.4, 0.5) is 5.95 Å². The van der Waals surface area contributed by atoms with Crippen LogP contribution in [-0.4, -0.2) is 60.4 Å². The van der Waals surface area contributed by atoms with Gasteiger partial charge >= 0.3 is 0 Å². The van der Waals surface area contributed by atoms with Crippen molar-refractivity contribution in [2.45, 2.75) is 37.8 Å². The van der Waals surface area contributed by atoms with E-state index in [1.165, 1.54) is 20.3 Å². The molecular weight excluding hydrogens is 529 g/mol. The van der Waals surface area contributed by atoms with Crippen molar-refractivity contribution in [3.8, 4) is 22.8 Å². The molecule has 1 aliphatic carbocycles. The SMILES string of the molecule is C=CC(=O)N[C@H]1CCOC[C@H]1Nc1ncc2cc(-c3c(Cl)c(OC)cc(OC)c3Cl)nc(CC3CC3)c2n1. The molecule has 2 fully saturated rings. The summed E-state index contributed by atoms with van der Waals surface area (Å²) in [5.41, 5.74) is 2.72. The monoisotopic (exact) mass is 557 g/mol. The van der Waals surface area contributed by atoms with Gasteiger partial charge in [-0.3, -0.25) is 9.78 Å². The van der Waals surface area contributed by atoms with Crippen LogP contribution in [0.3, 0.4) is 0 Å². The number of carbonyl (C=O) groups excluding carboxylic acids is 1. The molecular formula is C27H29Cl2N5O4. The third-order valence-corrected chi connectivity index (χ3v) is 7.58. The van der Waals surface area contributed by atoms with E-state index in [0.717, 1.165) is 35.9 Å². The molecule has 200 valence electrons. The standard InChI is InChI=1S/C27H29Cl2N5O4/c1-4-22(35)32-16-7-8-38-13-19(16)33-27-30-12-15-10-17(31-18(26(15)34-27)9-14-5-6-14)23-24(28)20(36-2)11-21(37-3)25(23)29/h4,10-12,14,16,19H,1,5-9,13H2,2-3H3,(H,32,35)(H,30,33,34)/t16-,19+/m0/s1. The molecule has 2 aromatic heterocycles. The highest BCUT2D eigenvalue weighted by Crippen LogP contribution is 2.46. The molecule has 1 saturated heterocycles. The molecule has 5 rings (SSSR count). The van der Waals surface area contributed by atoms with Gasteiger partial charge in [-0.1, -0.05) is 29.8 Å². The molecule has 3 heterocycles. The summed E-state index contributed by atoms with van der Waals surface area (Å²) >= 11 is 13.4. The zero-order valence-electron chi connectivity index (χ0n) is 21.2. The minimum absolute atomic E-state index is 0.132. The predicted octanol–water partition coefficient (Wildman–Crippen LogP) is 4.84. The highest BCUT2D eigenvalue weighted by molar-refractivity contribution is 6.41. The van der Waals surface area contributed by atoms with E-state index in [9.17, 15) is 4.79 Å². The van der Waals surface area contributed by atoms with Gasteiger partial charge in [-0.2, -0.15) is 0 Å². The third kappa shape index (κ3) is 5.50. The molecule has 0 bridgehead atoms. The van der Waals surface area contributed by atoms with Crippen LogP contribution in [0.1, 0.15) is 25.0 Å². The number of hydrogen-bond acceptors (Lipinski definition) is 8. The number of anilines is 1. The van der Waals surface area contributed by atoms with E-state index in [0.29, 0.717) is 64.3 Å². The Kier molecular flexibility index (Phi) is 7.88. The fourth-order valence-corrected chi connectivity index (χ4v) is 5.31. The number of benzene rings is 1. The number of aromatic nitrogens is 3. The largest absolute Gasteiger partial charge is 0.495 e. The summed E-state index contributed by atoms with van der Waals surface area (Å²) in [4.78, 5) is 26.3. The van der Waals surface area contributed by atoms with Gasteiger partial charge in [-0.15, -0.1) is 0 Å². The summed E-state index contributed by atoms with van der Waals surface area (Å²) in [6.07, 6.45) is 6.79. The average molecular weight is 558 g/mol. The lowest BCUT2D eigenvalue weighted by molar-refractivity contribution is -0.117. The van der Waals surface area contributed by atoms with Crippen molar-refractivity contribution in [1.82, 2.24) is 20.3 Å². The lowest BCUT2D eigenvalue weighted by Gasteiger charge is -2.32. The molecule has 0 radical (unpaired) electrons. The Labute approximate surface area is 230 Å².